The van der Waals surface area contributed by atoms with Crippen LogP contribution in [0.25, 0.3) is 0 Å². The zero-order chi connectivity index (χ0) is 11.4. The van der Waals surface area contributed by atoms with Gasteiger partial charge in [-0.3, -0.25) is 0 Å². The minimum Gasteiger partial charge on any atom is -0.450 e. The lowest BCUT2D eigenvalue weighted by atomic mass is 9.65. The van der Waals surface area contributed by atoms with E-state index in [-0.39, 0.29) is 11.6 Å². The Bertz CT molecular complexity index is 240. The summed E-state index contributed by atoms with van der Waals surface area (Å²) in [6.07, 6.45) is 9.82. The zero-order valence-corrected chi connectivity index (χ0v) is 10.3. The van der Waals surface area contributed by atoms with E-state index >= 15 is 0 Å². The molecule has 2 aliphatic rings. The summed E-state index contributed by atoms with van der Waals surface area (Å²) in [7, 11) is 0. The Kier molecular flexibility index (Phi) is 3.72. The van der Waals surface area contributed by atoms with Gasteiger partial charge in [0.2, 0.25) is 0 Å². The highest BCUT2D eigenvalue weighted by Gasteiger charge is 2.43. The van der Waals surface area contributed by atoms with E-state index in [0.717, 1.165) is 12.8 Å². The molecule has 0 aromatic carbocycles. The van der Waals surface area contributed by atoms with Gasteiger partial charge in [-0.1, -0.05) is 25.7 Å². The average Bonchev–Trinajstić information content (AvgIpc) is 2.29. The molecule has 1 N–H and O–H groups in total. The van der Waals surface area contributed by atoms with E-state index in [0.29, 0.717) is 12.5 Å². The van der Waals surface area contributed by atoms with E-state index in [1.807, 2.05) is 6.92 Å². The zero-order valence-electron chi connectivity index (χ0n) is 10.3. The highest BCUT2D eigenvalue weighted by molar-refractivity contribution is 5.68. The Morgan fingerprint density at radius 3 is 2.44 bits per heavy atom. The van der Waals surface area contributed by atoms with Crippen molar-refractivity contribution in [1.29, 1.82) is 0 Å². The van der Waals surface area contributed by atoms with Crippen LogP contribution in [0.1, 0.15) is 58.3 Å². The molecule has 0 spiro atoms. The highest BCUT2D eigenvalue weighted by Crippen LogP contribution is 2.43. The van der Waals surface area contributed by atoms with Gasteiger partial charge >= 0.3 is 6.09 Å². The number of fused-ring (bicyclic) bond motifs is 1. The standard InChI is InChI=1S/C13H23NO2/c1-2-16-12(15)14-13-9-5-3-7-11(13)8-4-6-10-13/h11H,2-10H2,1H3,(H,14,15). The van der Waals surface area contributed by atoms with Crippen LogP contribution in [0.5, 0.6) is 0 Å². The van der Waals surface area contributed by atoms with Crippen molar-refractivity contribution in [1.82, 2.24) is 5.32 Å². The van der Waals surface area contributed by atoms with Crippen molar-refractivity contribution in [3.05, 3.63) is 0 Å². The number of alkyl carbamates (subject to hydrolysis) is 1. The fourth-order valence-corrected chi connectivity index (χ4v) is 3.49. The number of rotatable bonds is 2. The molecule has 3 nitrogen and oxygen atoms in total. The summed E-state index contributed by atoms with van der Waals surface area (Å²) < 4.78 is 5.04. The van der Waals surface area contributed by atoms with Crippen LogP contribution in [0.3, 0.4) is 0 Å². The maximum Gasteiger partial charge on any atom is 0.407 e. The molecule has 16 heavy (non-hydrogen) atoms. The summed E-state index contributed by atoms with van der Waals surface area (Å²) in [6, 6.07) is 0. The SMILES string of the molecule is CCOC(=O)NC12CCCCC1CCCC2. The topological polar surface area (TPSA) is 38.3 Å². The first-order valence-electron chi connectivity index (χ1n) is 6.72. The first-order valence-corrected chi connectivity index (χ1v) is 6.72. The lowest BCUT2D eigenvalue weighted by Crippen LogP contribution is -2.56. The van der Waals surface area contributed by atoms with Gasteiger partial charge in [-0.2, -0.15) is 0 Å². The summed E-state index contributed by atoms with van der Waals surface area (Å²) in [6.45, 7) is 2.32. The molecule has 92 valence electrons. The number of ether oxygens (including phenoxy) is 1. The molecule has 1 amide bonds. The molecule has 0 heterocycles. The fourth-order valence-electron chi connectivity index (χ4n) is 3.49. The lowest BCUT2D eigenvalue weighted by Gasteiger charge is -2.47. The van der Waals surface area contributed by atoms with Crippen molar-refractivity contribution in [3.63, 3.8) is 0 Å². The van der Waals surface area contributed by atoms with E-state index in [1.165, 1.54) is 38.5 Å². The molecule has 0 aromatic heterocycles. The first kappa shape index (κ1) is 11.7. The number of hydrogen-bond donors (Lipinski definition) is 1. The molecule has 0 bridgehead atoms. The quantitative estimate of drug-likeness (QED) is 0.783. The number of carbonyl (C=O) groups excluding carboxylic acids is 1. The van der Waals surface area contributed by atoms with Gasteiger partial charge in [0.25, 0.3) is 0 Å². The maximum atomic E-state index is 11.6. The normalized spacial score (nSPS) is 33.9. The average molecular weight is 225 g/mol. The Hall–Kier alpha value is -0.730. The fraction of sp³-hybridized carbons (Fsp3) is 0.923. The van der Waals surface area contributed by atoms with Crippen LogP contribution in [0.4, 0.5) is 4.79 Å². The molecule has 0 aromatic rings. The predicted octanol–water partition coefficient (Wildman–Crippen LogP) is 3.24. The Balaban J connectivity index is 2.02. The van der Waals surface area contributed by atoms with Crippen molar-refractivity contribution < 1.29 is 9.53 Å². The highest BCUT2D eigenvalue weighted by atomic mass is 16.5. The Morgan fingerprint density at radius 1 is 1.25 bits per heavy atom. The van der Waals surface area contributed by atoms with Gasteiger partial charge in [-0.15, -0.1) is 0 Å². The van der Waals surface area contributed by atoms with Gasteiger partial charge in [0.15, 0.2) is 0 Å². The molecule has 0 saturated heterocycles. The molecule has 0 unspecified atom stereocenters. The third kappa shape index (κ3) is 2.33. The van der Waals surface area contributed by atoms with E-state index in [4.69, 9.17) is 4.74 Å². The number of hydrogen-bond acceptors (Lipinski definition) is 2. The van der Waals surface area contributed by atoms with Crippen LogP contribution in [-0.2, 0) is 4.74 Å². The molecule has 0 atom stereocenters. The molecular weight excluding hydrogens is 202 g/mol. The van der Waals surface area contributed by atoms with Crippen LogP contribution < -0.4 is 5.32 Å². The first-order chi connectivity index (χ1) is 7.77. The van der Waals surface area contributed by atoms with Crippen LogP contribution in [0, 0.1) is 5.92 Å². The molecular formula is C13H23NO2. The van der Waals surface area contributed by atoms with Crippen molar-refractivity contribution in [2.45, 2.75) is 63.8 Å². The molecule has 2 saturated carbocycles. The summed E-state index contributed by atoms with van der Waals surface area (Å²) in [4.78, 5) is 11.6. The summed E-state index contributed by atoms with van der Waals surface area (Å²) in [5.74, 6) is 0.694. The predicted molar refractivity (Wildman–Crippen MR) is 63.3 cm³/mol. The van der Waals surface area contributed by atoms with E-state index in [2.05, 4.69) is 5.32 Å². The van der Waals surface area contributed by atoms with Crippen LogP contribution in [-0.4, -0.2) is 18.2 Å². The number of carbonyl (C=O) groups is 1. The van der Waals surface area contributed by atoms with Crippen LogP contribution in [0.2, 0.25) is 0 Å². The molecule has 2 rings (SSSR count). The van der Waals surface area contributed by atoms with Gasteiger partial charge < -0.3 is 10.1 Å². The van der Waals surface area contributed by atoms with Crippen molar-refractivity contribution >= 4 is 6.09 Å². The van der Waals surface area contributed by atoms with E-state index in [9.17, 15) is 4.79 Å². The second-order valence-corrected chi connectivity index (χ2v) is 5.19. The monoisotopic (exact) mass is 225 g/mol. The van der Waals surface area contributed by atoms with Crippen LogP contribution in [0.15, 0.2) is 0 Å². The summed E-state index contributed by atoms with van der Waals surface area (Å²) in [5, 5.41) is 3.17. The van der Waals surface area contributed by atoms with Crippen LogP contribution >= 0.6 is 0 Å². The van der Waals surface area contributed by atoms with Gasteiger partial charge in [0.1, 0.15) is 0 Å². The second-order valence-electron chi connectivity index (χ2n) is 5.19. The van der Waals surface area contributed by atoms with Gasteiger partial charge in [-0.05, 0) is 38.5 Å². The third-order valence-electron chi connectivity index (χ3n) is 4.26. The van der Waals surface area contributed by atoms with Crippen molar-refractivity contribution in [3.8, 4) is 0 Å². The smallest absolute Gasteiger partial charge is 0.407 e. The maximum absolute atomic E-state index is 11.6. The Morgan fingerprint density at radius 2 is 1.88 bits per heavy atom. The molecule has 2 aliphatic carbocycles. The molecule has 3 heteroatoms. The third-order valence-corrected chi connectivity index (χ3v) is 4.26. The van der Waals surface area contributed by atoms with E-state index in [1.54, 1.807) is 0 Å². The molecule has 2 fully saturated rings. The molecule has 0 aliphatic heterocycles. The van der Waals surface area contributed by atoms with Crippen molar-refractivity contribution in [2.75, 3.05) is 6.61 Å². The second kappa shape index (κ2) is 5.07. The number of amides is 1. The summed E-state index contributed by atoms with van der Waals surface area (Å²) >= 11 is 0. The summed E-state index contributed by atoms with van der Waals surface area (Å²) in [5.41, 5.74) is 0.0722. The largest absolute Gasteiger partial charge is 0.450 e. The van der Waals surface area contributed by atoms with Gasteiger partial charge in [0.05, 0.1) is 6.61 Å². The Labute approximate surface area is 97.9 Å². The van der Waals surface area contributed by atoms with Crippen molar-refractivity contribution in [2.24, 2.45) is 5.92 Å². The van der Waals surface area contributed by atoms with Gasteiger partial charge in [0, 0.05) is 5.54 Å². The minimum absolute atomic E-state index is 0.0722. The number of nitrogens with one attached hydrogen (secondary N) is 1. The molecule has 0 radical (unpaired) electrons. The van der Waals surface area contributed by atoms with Gasteiger partial charge in [-0.25, -0.2) is 4.79 Å². The van der Waals surface area contributed by atoms with E-state index < -0.39 is 0 Å². The lowest BCUT2D eigenvalue weighted by molar-refractivity contribution is 0.0741. The minimum atomic E-state index is -0.212.